The van der Waals surface area contributed by atoms with Crippen molar-refractivity contribution in [3.63, 3.8) is 0 Å². The van der Waals surface area contributed by atoms with E-state index in [-0.39, 0.29) is 11.6 Å². The first-order valence-electron chi connectivity index (χ1n) is 5.19. The summed E-state index contributed by atoms with van der Waals surface area (Å²) in [5, 5.41) is 3.32. The first-order chi connectivity index (χ1) is 8.69. The zero-order chi connectivity index (χ0) is 13.0. The Kier molecular flexibility index (Phi) is 3.76. The summed E-state index contributed by atoms with van der Waals surface area (Å²) in [5.74, 6) is 5.35. The molecule has 1 amide bonds. The van der Waals surface area contributed by atoms with Crippen LogP contribution in [0.15, 0.2) is 42.5 Å². The van der Waals surface area contributed by atoms with Crippen molar-refractivity contribution in [1.82, 2.24) is 4.98 Å². The number of hydrogen-bond donors (Lipinski definition) is 3. The third-order valence-electron chi connectivity index (χ3n) is 2.23. The molecule has 0 atom stereocenters. The molecule has 2 rings (SSSR count). The second-order valence-electron chi connectivity index (χ2n) is 3.51. The van der Waals surface area contributed by atoms with Crippen molar-refractivity contribution in [1.29, 1.82) is 0 Å². The Morgan fingerprint density at radius 3 is 2.56 bits per heavy atom. The number of pyridine rings is 1. The van der Waals surface area contributed by atoms with Crippen LogP contribution >= 0.6 is 11.6 Å². The van der Waals surface area contributed by atoms with E-state index in [0.29, 0.717) is 16.5 Å². The van der Waals surface area contributed by atoms with Crippen LogP contribution in [0.2, 0.25) is 5.02 Å². The number of benzene rings is 1. The number of hydrogen-bond acceptors (Lipinski definition) is 4. The van der Waals surface area contributed by atoms with Crippen LogP contribution in [0.5, 0.6) is 0 Å². The Morgan fingerprint density at radius 1 is 1.17 bits per heavy atom. The summed E-state index contributed by atoms with van der Waals surface area (Å²) < 4.78 is 0. The van der Waals surface area contributed by atoms with E-state index < -0.39 is 0 Å². The van der Waals surface area contributed by atoms with Crippen LogP contribution in [0.1, 0.15) is 10.5 Å². The predicted molar refractivity (Wildman–Crippen MR) is 71.5 cm³/mol. The van der Waals surface area contributed by atoms with Crippen LogP contribution in [-0.4, -0.2) is 10.9 Å². The molecule has 0 unspecified atom stereocenters. The van der Waals surface area contributed by atoms with Gasteiger partial charge in [-0.05, 0) is 36.4 Å². The summed E-state index contributed by atoms with van der Waals surface area (Å²) in [4.78, 5) is 15.9. The number of rotatable bonds is 3. The van der Waals surface area contributed by atoms with E-state index in [0.717, 1.165) is 0 Å². The molecule has 0 aliphatic rings. The number of hydrazine groups is 1. The van der Waals surface area contributed by atoms with Crippen molar-refractivity contribution < 1.29 is 4.79 Å². The Balaban J connectivity index is 2.14. The third-order valence-corrected chi connectivity index (χ3v) is 2.48. The van der Waals surface area contributed by atoms with Gasteiger partial charge in [0.2, 0.25) is 0 Å². The lowest BCUT2D eigenvalue weighted by atomic mass is 10.3. The summed E-state index contributed by atoms with van der Waals surface area (Å²) in [6, 6.07) is 11.8. The number of nitrogens with zero attached hydrogens (tertiary/aromatic N) is 1. The molecule has 5 nitrogen and oxygen atoms in total. The summed E-state index contributed by atoms with van der Waals surface area (Å²) in [5.41, 5.74) is 3.31. The number of halogens is 1. The highest BCUT2D eigenvalue weighted by Crippen LogP contribution is 2.14. The highest BCUT2D eigenvalue weighted by molar-refractivity contribution is 6.30. The summed E-state index contributed by atoms with van der Waals surface area (Å²) in [7, 11) is 0. The van der Waals surface area contributed by atoms with Crippen LogP contribution in [0.25, 0.3) is 0 Å². The summed E-state index contributed by atoms with van der Waals surface area (Å²) >= 11 is 5.76. The lowest BCUT2D eigenvalue weighted by Gasteiger charge is -2.06. The van der Waals surface area contributed by atoms with E-state index >= 15 is 0 Å². The minimum absolute atomic E-state index is 0.278. The standard InChI is InChI=1S/C12H11ClN4O/c13-8-4-6-9(7-5-8)15-12(18)10-2-1-3-11(16-10)17-14/h1-7H,14H2,(H,15,18)(H,16,17). The van der Waals surface area contributed by atoms with Gasteiger partial charge >= 0.3 is 0 Å². The molecule has 1 heterocycles. The fourth-order valence-electron chi connectivity index (χ4n) is 1.37. The van der Waals surface area contributed by atoms with Crippen LogP contribution in [0.4, 0.5) is 11.5 Å². The van der Waals surface area contributed by atoms with E-state index in [4.69, 9.17) is 17.4 Å². The molecule has 4 N–H and O–H groups in total. The number of nitrogens with two attached hydrogens (primary N) is 1. The number of amides is 1. The maximum Gasteiger partial charge on any atom is 0.274 e. The van der Waals surface area contributed by atoms with Gasteiger partial charge in [-0.3, -0.25) is 4.79 Å². The normalized spacial score (nSPS) is 9.89. The highest BCUT2D eigenvalue weighted by Gasteiger charge is 2.07. The van der Waals surface area contributed by atoms with E-state index in [1.54, 1.807) is 42.5 Å². The summed E-state index contributed by atoms with van der Waals surface area (Å²) in [6.07, 6.45) is 0. The first-order valence-corrected chi connectivity index (χ1v) is 5.57. The summed E-state index contributed by atoms with van der Waals surface area (Å²) in [6.45, 7) is 0. The second-order valence-corrected chi connectivity index (χ2v) is 3.95. The van der Waals surface area contributed by atoms with Crippen LogP contribution in [0, 0.1) is 0 Å². The fourth-order valence-corrected chi connectivity index (χ4v) is 1.50. The van der Waals surface area contributed by atoms with Gasteiger partial charge < -0.3 is 10.7 Å². The molecule has 6 heteroatoms. The van der Waals surface area contributed by atoms with Gasteiger partial charge in [0.15, 0.2) is 0 Å². The molecule has 92 valence electrons. The van der Waals surface area contributed by atoms with Crippen molar-refractivity contribution in [2.24, 2.45) is 5.84 Å². The third kappa shape index (κ3) is 2.97. The predicted octanol–water partition coefficient (Wildman–Crippen LogP) is 2.27. The first kappa shape index (κ1) is 12.3. The second kappa shape index (κ2) is 5.48. The molecular formula is C12H11ClN4O. The van der Waals surface area contributed by atoms with Gasteiger partial charge in [-0.2, -0.15) is 0 Å². The van der Waals surface area contributed by atoms with Crippen molar-refractivity contribution in [2.75, 3.05) is 10.7 Å². The van der Waals surface area contributed by atoms with Crippen LogP contribution in [-0.2, 0) is 0 Å². The molecule has 0 bridgehead atoms. The minimum atomic E-state index is -0.311. The van der Waals surface area contributed by atoms with Crippen LogP contribution < -0.4 is 16.6 Å². The number of anilines is 2. The molecule has 0 radical (unpaired) electrons. The monoisotopic (exact) mass is 262 g/mol. The van der Waals surface area contributed by atoms with Gasteiger partial charge in [0.1, 0.15) is 11.5 Å². The maximum atomic E-state index is 11.9. The molecule has 2 aromatic rings. The maximum absolute atomic E-state index is 11.9. The Bertz CT molecular complexity index is 556. The highest BCUT2D eigenvalue weighted by atomic mass is 35.5. The minimum Gasteiger partial charge on any atom is -0.321 e. The number of aromatic nitrogens is 1. The van der Waals surface area contributed by atoms with Gasteiger partial charge in [0.05, 0.1) is 0 Å². The molecule has 0 saturated carbocycles. The Hall–Kier alpha value is -2.11. The van der Waals surface area contributed by atoms with Crippen molar-refractivity contribution in [2.45, 2.75) is 0 Å². The molecule has 0 spiro atoms. The molecule has 0 saturated heterocycles. The van der Waals surface area contributed by atoms with Gasteiger partial charge in [-0.15, -0.1) is 0 Å². The zero-order valence-corrected chi connectivity index (χ0v) is 10.1. The fraction of sp³-hybridized carbons (Fsp3) is 0. The van der Waals surface area contributed by atoms with E-state index in [9.17, 15) is 4.79 Å². The SMILES string of the molecule is NNc1cccc(C(=O)Nc2ccc(Cl)cc2)n1. The molecule has 0 fully saturated rings. The van der Waals surface area contributed by atoms with Crippen molar-refractivity contribution in [3.8, 4) is 0 Å². The van der Waals surface area contributed by atoms with Gasteiger partial charge in [0, 0.05) is 10.7 Å². The van der Waals surface area contributed by atoms with E-state index in [1.165, 1.54) is 0 Å². The van der Waals surface area contributed by atoms with E-state index in [2.05, 4.69) is 15.7 Å². The van der Waals surface area contributed by atoms with E-state index in [1.807, 2.05) is 0 Å². The topological polar surface area (TPSA) is 80.0 Å². The smallest absolute Gasteiger partial charge is 0.274 e. The van der Waals surface area contributed by atoms with Gasteiger partial charge in [-0.25, -0.2) is 10.8 Å². The molecule has 1 aromatic carbocycles. The Morgan fingerprint density at radius 2 is 1.89 bits per heavy atom. The average molecular weight is 263 g/mol. The zero-order valence-electron chi connectivity index (χ0n) is 9.35. The van der Waals surface area contributed by atoms with Gasteiger partial charge in [-0.1, -0.05) is 17.7 Å². The molecule has 18 heavy (non-hydrogen) atoms. The molecule has 0 aliphatic carbocycles. The van der Waals surface area contributed by atoms with Crippen molar-refractivity contribution >= 4 is 29.0 Å². The number of nitrogens with one attached hydrogen (secondary N) is 2. The lowest BCUT2D eigenvalue weighted by Crippen LogP contribution is -2.16. The average Bonchev–Trinajstić information content (AvgIpc) is 2.41. The van der Waals surface area contributed by atoms with Crippen molar-refractivity contribution in [3.05, 3.63) is 53.2 Å². The van der Waals surface area contributed by atoms with Crippen LogP contribution in [0.3, 0.4) is 0 Å². The molecule has 1 aromatic heterocycles. The number of carbonyl (C=O) groups excluding carboxylic acids is 1. The Labute approximate surface area is 109 Å². The lowest BCUT2D eigenvalue weighted by molar-refractivity contribution is 0.102. The molecular weight excluding hydrogens is 252 g/mol. The number of nitrogen functional groups attached to an aromatic ring is 1. The van der Waals surface area contributed by atoms with Gasteiger partial charge in [0.25, 0.3) is 5.91 Å². The number of carbonyl (C=O) groups is 1. The quantitative estimate of drug-likeness (QED) is 0.586. The largest absolute Gasteiger partial charge is 0.321 e. The molecule has 0 aliphatic heterocycles.